The van der Waals surface area contributed by atoms with Crippen molar-refractivity contribution in [1.82, 2.24) is 4.57 Å². The van der Waals surface area contributed by atoms with Crippen LogP contribution in [-0.4, -0.2) is 22.9 Å². The van der Waals surface area contributed by atoms with Gasteiger partial charge >= 0.3 is 7.12 Å². The maximum absolute atomic E-state index is 6.60. The topological polar surface area (TPSA) is 23.4 Å². The molecule has 7 aromatic rings. The van der Waals surface area contributed by atoms with Crippen molar-refractivity contribution < 1.29 is 9.31 Å². The van der Waals surface area contributed by atoms with E-state index in [-0.39, 0.29) is 5.41 Å². The van der Waals surface area contributed by atoms with E-state index in [9.17, 15) is 0 Å². The monoisotopic (exact) mass is 595 g/mol. The predicted octanol–water partition coefficient (Wildman–Crippen LogP) is 9.55. The largest absolute Gasteiger partial charge is 0.494 e. The van der Waals surface area contributed by atoms with Crippen LogP contribution in [0.5, 0.6) is 0 Å². The van der Waals surface area contributed by atoms with Crippen molar-refractivity contribution in [3.63, 3.8) is 0 Å². The summed E-state index contributed by atoms with van der Waals surface area (Å²) < 4.78 is 15.7. The van der Waals surface area contributed by atoms with Crippen LogP contribution in [0.15, 0.2) is 115 Å². The zero-order valence-corrected chi connectivity index (χ0v) is 26.8. The van der Waals surface area contributed by atoms with Crippen molar-refractivity contribution in [1.29, 1.82) is 0 Å². The highest BCUT2D eigenvalue weighted by Gasteiger charge is 2.52. The fraction of sp³-hybridized carbons (Fsp3) is 0.190. The highest BCUT2D eigenvalue weighted by atomic mass is 16.7. The first-order valence-corrected chi connectivity index (χ1v) is 16.4. The fourth-order valence-corrected chi connectivity index (χ4v) is 8.56. The molecule has 1 fully saturated rings. The van der Waals surface area contributed by atoms with Crippen molar-refractivity contribution in [3.8, 4) is 27.9 Å². The minimum Gasteiger partial charge on any atom is -0.399 e. The van der Waals surface area contributed by atoms with Crippen molar-refractivity contribution >= 4 is 45.2 Å². The van der Waals surface area contributed by atoms with Gasteiger partial charge in [-0.1, -0.05) is 91.0 Å². The van der Waals surface area contributed by atoms with Gasteiger partial charge in [0.05, 0.1) is 27.9 Å². The third-order valence-electron chi connectivity index (χ3n) is 11.6. The number of aromatic nitrogens is 1. The Labute approximate surface area is 269 Å². The Balaban J connectivity index is 1.39. The molecule has 1 unspecified atom stereocenters. The summed E-state index contributed by atoms with van der Waals surface area (Å²) in [5, 5.41) is 5.09. The van der Waals surface area contributed by atoms with Crippen molar-refractivity contribution in [3.05, 3.63) is 132 Å². The smallest absolute Gasteiger partial charge is 0.399 e. The number of benzene rings is 6. The Bertz CT molecular complexity index is 2450. The van der Waals surface area contributed by atoms with E-state index in [4.69, 9.17) is 9.31 Å². The van der Waals surface area contributed by atoms with E-state index in [1.54, 1.807) is 0 Å². The van der Waals surface area contributed by atoms with Crippen LogP contribution in [0, 0.1) is 0 Å². The lowest BCUT2D eigenvalue weighted by Crippen LogP contribution is -2.41. The summed E-state index contributed by atoms with van der Waals surface area (Å²) in [6, 6.07) is 43.3. The molecule has 4 heteroatoms. The zero-order chi connectivity index (χ0) is 31.2. The van der Waals surface area contributed by atoms with Crippen LogP contribution in [0.4, 0.5) is 0 Å². The molecule has 1 aromatic heterocycles. The molecule has 4 bridgehead atoms. The van der Waals surface area contributed by atoms with E-state index in [0.717, 1.165) is 11.2 Å². The van der Waals surface area contributed by atoms with E-state index >= 15 is 0 Å². The second kappa shape index (κ2) is 8.58. The first kappa shape index (κ1) is 26.6. The Kier molecular flexibility index (Phi) is 4.96. The lowest BCUT2D eigenvalue weighted by atomic mass is 9.72. The second-order valence-corrected chi connectivity index (χ2v) is 14.5. The number of nitrogens with zero attached hydrogens (tertiary/aromatic N) is 1. The Hall–Kier alpha value is -4.64. The summed E-state index contributed by atoms with van der Waals surface area (Å²) in [4.78, 5) is 0. The predicted molar refractivity (Wildman–Crippen MR) is 190 cm³/mol. The van der Waals surface area contributed by atoms with Gasteiger partial charge in [0.25, 0.3) is 0 Å². The highest BCUT2D eigenvalue weighted by molar-refractivity contribution is 6.62. The molecule has 4 aliphatic rings. The van der Waals surface area contributed by atoms with Crippen LogP contribution in [0.3, 0.4) is 0 Å². The number of hydrogen-bond acceptors (Lipinski definition) is 2. The normalized spacial score (nSPS) is 20.1. The van der Waals surface area contributed by atoms with Crippen molar-refractivity contribution in [2.45, 2.75) is 51.2 Å². The molecule has 0 N–H and O–H groups in total. The minimum absolute atomic E-state index is 0.316. The number of fused-ring (bicyclic) bond motifs is 5. The summed E-state index contributed by atoms with van der Waals surface area (Å²) in [6.45, 7) is 10.9. The van der Waals surface area contributed by atoms with E-state index in [1.165, 1.54) is 71.5 Å². The molecule has 4 heterocycles. The molecule has 0 spiro atoms. The third-order valence-corrected chi connectivity index (χ3v) is 11.6. The molecule has 1 saturated heterocycles. The van der Waals surface area contributed by atoms with Crippen LogP contribution >= 0.6 is 0 Å². The van der Waals surface area contributed by atoms with Gasteiger partial charge in [-0.3, -0.25) is 0 Å². The van der Waals surface area contributed by atoms with E-state index < -0.39 is 18.3 Å². The number of rotatable bonds is 1. The molecular weight excluding hydrogens is 561 g/mol. The van der Waals surface area contributed by atoms with Gasteiger partial charge in [0, 0.05) is 21.8 Å². The van der Waals surface area contributed by atoms with Gasteiger partial charge in [0.1, 0.15) is 0 Å². The van der Waals surface area contributed by atoms with Crippen LogP contribution in [0.25, 0.3) is 60.5 Å². The third kappa shape index (κ3) is 3.16. The van der Waals surface area contributed by atoms with Crippen LogP contribution in [0.1, 0.15) is 51.3 Å². The van der Waals surface area contributed by atoms with Gasteiger partial charge in [0.15, 0.2) is 0 Å². The Morgan fingerprint density at radius 1 is 0.478 bits per heavy atom. The van der Waals surface area contributed by atoms with Crippen LogP contribution in [-0.2, 0) is 14.7 Å². The van der Waals surface area contributed by atoms with Crippen LogP contribution in [0.2, 0.25) is 0 Å². The van der Waals surface area contributed by atoms with E-state index in [2.05, 4.69) is 154 Å². The van der Waals surface area contributed by atoms with Gasteiger partial charge < -0.3 is 13.9 Å². The van der Waals surface area contributed by atoms with Gasteiger partial charge in [-0.05, 0) is 109 Å². The minimum atomic E-state index is -0.456. The fourth-order valence-electron chi connectivity index (χ4n) is 8.56. The van der Waals surface area contributed by atoms with Crippen molar-refractivity contribution in [2.24, 2.45) is 0 Å². The average Bonchev–Trinajstić information content (AvgIpc) is 3.60. The van der Waals surface area contributed by atoms with E-state index in [1.807, 2.05) is 0 Å². The summed E-state index contributed by atoms with van der Waals surface area (Å²) in [5.41, 5.74) is 12.6. The van der Waals surface area contributed by atoms with E-state index in [0.29, 0.717) is 0 Å². The standard InChI is InChI=1S/C42H34BNO2/c1-40(2)41(3,4)46-43(45-40)25-18-19-31-27-20-21-35(28-13-7-6-12-26(27)28)42(5)34-16-10-8-14-29(34)32-23-33-30-15-9-11-17-37(30)44(38(31)22-25)39(33)24-36(32)42/h6-24H,1-5H3. The molecule has 1 aliphatic carbocycles. The molecule has 6 aromatic carbocycles. The maximum Gasteiger partial charge on any atom is 0.494 e. The lowest BCUT2D eigenvalue weighted by Gasteiger charge is -2.32. The molecule has 46 heavy (non-hydrogen) atoms. The molecule has 3 aliphatic heterocycles. The van der Waals surface area contributed by atoms with Gasteiger partial charge in [-0.25, -0.2) is 0 Å². The Morgan fingerprint density at radius 2 is 1.15 bits per heavy atom. The van der Waals surface area contributed by atoms with Crippen LogP contribution < -0.4 is 5.46 Å². The van der Waals surface area contributed by atoms with Gasteiger partial charge in [-0.2, -0.15) is 0 Å². The molecule has 11 rings (SSSR count). The molecule has 0 amide bonds. The molecule has 1 atom stereocenters. The molecular formula is C42H34BNO2. The summed E-state index contributed by atoms with van der Waals surface area (Å²) in [7, 11) is -0.456. The SMILES string of the molecule is CC12c3ccccc3-c3cc4c5ccccc5n(c4cc31)-c1cc(B3OC(C)(C)C(C)(C)O3)ccc1-c1ccc2c2ccccc12. The van der Waals surface area contributed by atoms with Gasteiger partial charge in [-0.15, -0.1) is 0 Å². The van der Waals surface area contributed by atoms with Gasteiger partial charge in [0.2, 0.25) is 0 Å². The Morgan fingerprint density at radius 3 is 1.96 bits per heavy atom. The summed E-state index contributed by atoms with van der Waals surface area (Å²) in [6.07, 6.45) is 0. The first-order valence-electron chi connectivity index (χ1n) is 16.4. The number of para-hydroxylation sites is 1. The summed E-state index contributed by atoms with van der Waals surface area (Å²) >= 11 is 0. The molecule has 0 saturated carbocycles. The average molecular weight is 596 g/mol. The highest BCUT2D eigenvalue weighted by Crippen LogP contribution is 2.56. The molecule has 3 nitrogen and oxygen atoms in total. The number of hydrogen-bond donors (Lipinski definition) is 0. The molecule has 0 radical (unpaired) electrons. The molecule has 222 valence electrons. The maximum atomic E-state index is 6.60. The first-order chi connectivity index (χ1) is 22.2. The quantitative estimate of drug-likeness (QED) is 0.177. The zero-order valence-electron chi connectivity index (χ0n) is 26.8. The summed E-state index contributed by atoms with van der Waals surface area (Å²) in [5.74, 6) is 0. The van der Waals surface area contributed by atoms with Crippen molar-refractivity contribution in [2.75, 3.05) is 0 Å². The second-order valence-electron chi connectivity index (χ2n) is 14.5. The lowest BCUT2D eigenvalue weighted by molar-refractivity contribution is 0.00578.